The summed E-state index contributed by atoms with van der Waals surface area (Å²) in [4.78, 5) is 33.1. The van der Waals surface area contributed by atoms with E-state index in [1.54, 1.807) is 24.5 Å². The molecule has 1 amide bonds. The van der Waals surface area contributed by atoms with E-state index in [1.807, 2.05) is 31.2 Å². The summed E-state index contributed by atoms with van der Waals surface area (Å²) in [6, 6.07) is 13.2. The standard InChI is InChI=1S/C28H31N5O4/c1-19-5-9-30-25(14-19)28(18-29)7-11-32(12-8-28)16-20-15-21(27(36)33-10-3-2-4-23(20)33)26(35)31-22-6-13-37-17-24(22)34/h2-5,9-10,14-15,22,24,34H,6-8,11-13,16-17H2,1H3,(H,31,35)/t22-,24-/m0/s1. The number of aliphatic hydroxyl groups excluding tert-OH is 1. The van der Waals surface area contributed by atoms with Crippen LogP contribution in [0.4, 0.5) is 0 Å². The van der Waals surface area contributed by atoms with Crippen molar-refractivity contribution in [3.63, 3.8) is 0 Å². The zero-order valence-corrected chi connectivity index (χ0v) is 20.9. The van der Waals surface area contributed by atoms with Crippen LogP contribution < -0.4 is 10.9 Å². The van der Waals surface area contributed by atoms with Crippen LogP contribution in [0.15, 0.2) is 53.6 Å². The minimum absolute atomic E-state index is 0.0460. The maximum atomic E-state index is 13.2. The predicted molar refractivity (Wildman–Crippen MR) is 137 cm³/mol. The molecule has 9 nitrogen and oxygen atoms in total. The number of carbonyl (C=O) groups is 1. The summed E-state index contributed by atoms with van der Waals surface area (Å²) >= 11 is 0. The summed E-state index contributed by atoms with van der Waals surface area (Å²) in [6.07, 6.45) is 4.41. The number of ether oxygens (including phenoxy) is 1. The Morgan fingerprint density at radius 2 is 2.11 bits per heavy atom. The lowest BCUT2D eigenvalue weighted by Gasteiger charge is -2.37. The van der Waals surface area contributed by atoms with Gasteiger partial charge < -0.3 is 15.2 Å². The smallest absolute Gasteiger partial charge is 0.267 e. The number of aliphatic hydroxyl groups is 1. The second kappa shape index (κ2) is 10.4. The molecule has 0 bridgehead atoms. The van der Waals surface area contributed by atoms with Crippen molar-refractivity contribution >= 4 is 11.4 Å². The van der Waals surface area contributed by atoms with Gasteiger partial charge in [-0.1, -0.05) is 6.07 Å². The van der Waals surface area contributed by atoms with Gasteiger partial charge in [0.2, 0.25) is 0 Å². The molecule has 2 aliphatic rings. The van der Waals surface area contributed by atoms with Crippen LogP contribution in [-0.4, -0.2) is 63.7 Å². The molecule has 3 aromatic heterocycles. The van der Waals surface area contributed by atoms with Crippen LogP contribution in [0.3, 0.4) is 0 Å². The average molecular weight is 502 g/mol. The second-order valence-electron chi connectivity index (χ2n) is 10.0. The summed E-state index contributed by atoms with van der Waals surface area (Å²) in [5.74, 6) is -0.497. The predicted octanol–water partition coefficient (Wildman–Crippen LogP) is 1.94. The number of amides is 1. The molecule has 192 valence electrons. The van der Waals surface area contributed by atoms with Crippen molar-refractivity contribution in [3.05, 3.63) is 81.5 Å². The number of aryl methyl sites for hydroxylation is 1. The van der Waals surface area contributed by atoms with Gasteiger partial charge in [0.15, 0.2) is 0 Å². The molecule has 0 aromatic carbocycles. The summed E-state index contributed by atoms with van der Waals surface area (Å²) in [5.41, 5.74) is 2.54. The first kappa shape index (κ1) is 25.1. The number of fused-ring (bicyclic) bond motifs is 1. The molecule has 2 N–H and O–H groups in total. The largest absolute Gasteiger partial charge is 0.389 e. The Bertz CT molecular complexity index is 1400. The van der Waals surface area contributed by atoms with E-state index < -0.39 is 29.0 Å². The monoisotopic (exact) mass is 501 g/mol. The summed E-state index contributed by atoms with van der Waals surface area (Å²) in [6.45, 7) is 4.53. The Hall–Kier alpha value is -3.58. The molecule has 0 spiro atoms. The molecule has 2 atom stereocenters. The van der Waals surface area contributed by atoms with Crippen LogP contribution in [0.1, 0.15) is 46.4 Å². The van der Waals surface area contributed by atoms with Gasteiger partial charge in [-0.25, -0.2) is 0 Å². The number of hydrogen-bond donors (Lipinski definition) is 2. The van der Waals surface area contributed by atoms with Crippen LogP contribution >= 0.6 is 0 Å². The number of aromatic nitrogens is 2. The number of nitrogens with zero attached hydrogens (tertiary/aromatic N) is 4. The zero-order valence-electron chi connectivity index (χ0n) is 20.9. The van der Waals surface area contributed by atoms with E-state index in [0.717, 1.165) is 22.3 Å². The van der Waals surface area contributed by atoms with Gasteiger partial charge >= 0.3 is 0 Å². The quantitative estimate of drug-likeness (QED) is 0.548. The van der Waals surface area contributed by atoms with Crippen molar-refractivity contribution in [1.82, 2.24) is 19.6 Å². The Kier molecular flexibility index (Phi) is 7.07. The lowest BCUT2D eigenvalue weighted by molar-refractivity contribution is -0.0261. The molecule has 2 fully saturated rings. The van der Waals surface area contributed by atoms with Gasteiger partial charge in [-0.3, -0.25) is 23.9 Å². The average Bonchev–Trinajstić information content (AvgIpc) is 2.92. The van der Waals surface area contributed by atoms with Crippen LogP contribution in [-0.2, 0) is 16.7 Å². The Labute approximate surface area is 215 Å². The lowest BCUT2D eigenvalue weighted by atomic mass is 9.76. The minimum Gasteiger partial charge on any atom is -0.389 e. The van der Waals surface area contributed by atoms with Gasteiger partial charge in [-0.15, -0.1) is 0 Å². The normalized spacial score (nSPS) is 21.9. The van der Waals surface area contributed by atoms with E-state index in [9.17, 15) is 20.0 Å². The number of piperidine rings is 1. The van der Waals surface area contributed by atoms with Gasteiger partial charge in [0.1, 0.15) is 11.0 Å². The Morgan fingerprint density at radius 3 is 2.84 bits per heavy atom. The van der Waals surface area contributed by atoms with Crippen molar-refractivity contribution in [2.24, 2.45) is 0 Å². The molecule has 2 aliphatic heterocycles. The molecule has 0 unspecified atom stereocenters. The minimum atomic E-state index is -0.808. The molecule has 9 heteroatoms. The number of hydrogen-bond acceptors (Lipinski definition) is 7. The molecule has 37 heavy (non-hydrogen) atoms. The molecule has 0 saturated carbocycles. The molecular formula is C28H31N5O4. The SMILES string of the molecule is Cc1ccnc(C2(C#N)CCN(Cc3cc(C(=O)N[C@H]4CCOC[C@@H]4O)c(=O)n4ccccc34)CC2)c1. The number of nitrogens with one attached hydrogen (secondary N) is 1. The first-order valence-corrected chi connectivity index (χ1v) is 12.7. The topological polar surface area (TPSA) is 120 Å². The van der Waals surface area contributed by atoms with Gasteiger partial charge in [0.25, 0.3) is 11.5 Å². The third kappa shape index (κ3) is 5.01. The fourth-order valence-corrected chi connectivity index (χ4v) is 5.31. The van der Waals surface area contributed by atoms with Crippen molar-refractivity contribution < 1.29 is 14.6 Å². The fourth-order valence-electron chi connectivity index (χ4n) is 5.31. The number of pyridine rings is 3. The molecule has 5 heterocycles. The highest BCUT2D eigenvalue weighted by molar-refractivity contribution is 5.94. The first-order chi connectivity index (χ1) is 17.9. The van der Waals surface area contributed by atoms with E-state index in [4.69, 9.17) is 4.74 Å². The van der Waals surface area contributed by atoms with Crippen molar-refractivity contribution in [1.29, 1.82) is 5.26 Å². The molecule has 5 rings (SSSR count). The summed E-state index contributed by atoms with van der Waals surface area (Å²) in [5, 5.41) is 23.1. The van der Waals surface area contributed by atoms with Gasteiger partial charge in [-0.05, 0) is 67.6 Å². The highest BCUT2D eigenvalue weighted by Gasteiger charge is 2.38. The highest BCUT2D eigenvalue weighted by Crippen LogP contribution is 2.34. The fraction of sp³-hybridized carbons (Fsp3) is 0.429. The number of carbonyl (C=O) groups excluding carboxylic acids is 1. The summed E-state index contributed by atoms with van der Waals surface area (Å²) in [7, 11) is 0. The number of rotatable bonds is 5. The van der Waals surface area contributed by atoms with Crippen molar-refractivity contribution in [2.75, 3.05) is 26.3 Å². The second-order valence-corrected chi connectivity index (χ2v) is 10.0. The zero-order chi connectivity index (χ0) is 26.0. The highest BCUT2D eigenvalue weighted by atomic mass is 16.5. The van der Waals surface area contributed by atoms with Crippen molar-refractivity contribution in [2.45, 2.75) is 50.3 Å². The lowest BCUT2D eigenvalue weighted by Crippen LogP contribution is -2.49. The van der Waals surface area contributed by atoms with Crippen LogP contribution in [0.2, 0.25) is 0 Å². The van der Waals surface area contributed by atoms with Gasteiger partial charge in [0, 0.05) is 38.6 Å². The maximum Gasteiger partial charge on any atom is 0.267 e. The van der Waals surface area contributed by atoms with Gasteiger partial charge in [-0.2, -0.15) is 5.26 Å². The van der Waals surface area contributed by atoms with Crippen molar-refractivity contribution in [3.8, 4) is 6.07 Å². The first-order valence-electron chi connectivity index (χ1n) is 12.7. The van der Waals surface area contributed by atoms with Crippen LogP contribution in [0.25, 0.3) is 5.52 Å². The molecular weight excluding hydrogens is 470 g/mol. The molecule has 0 aliphatic carbocycles. The third-order valence-corrected chi connectivity index (χ3v) is 7.57. The van der Waals surface area contributed by atoms with Crippen LogP contribution in [0.5, 0.6) is 0 Å². The van der Waals surface area contributed by atoms with E-state index in [2.05, 4.69) is 21.3 Å². The molecule has 0 radical (unpaired) electrons. The van der Waals surface area contributed by atoms with Gasteiger partial charge in [0.05, 0.1) is 36.0 Å². The third-order valence-electron chi connectivity index (χ3n) is 7.57. The Morgan fingerprint density at radius 1 is 1.30 bits per heavy atom. The maximum absolute atomic E-state index is 13.2. The van der Waals surface area contributed by atoms with E-state index in [1.165, 1.54) is 4.40 Å². The number of likely N-dealkylation sites (tertiary alicyclic amines) is 1. The summed E-state index contributed by atoms with van der Waals surface area (Å²) < 4.78 is 6.75. The number of nitriles is 1. The van der Waals surface area contributed by atoms with E-state index in [0.29, 0.717) is 45.5 Å². The molecule has 2 saturated heterocycles. The molecule has 3 aromatic rings. The van der Waals surface area contributed by atoms with Crippen LogP contribution in [0, 0.1) is 18.3 Å². The van der Waals surface area contributed by atoms with E-state index >= 15 is 0 Å². The Balaban J connectivity index is 1.39. The van der Waals surface area contributed by atoms with E-state index in [-0.39, 0.29) is 12.2 Å².